The third-order valence-electron chi connectivity index (χ3n) is 2.87. The number of anilines is 1. The summed E-state index contributed by atoms with van der Waals surface area (Å²) >= 11 is 0. The van der Waals surface area contributed by atoms with Gasteiger partial charge in [0.05, 0.1) is 0 Å². The van der Waals surface area contributed by atoms with Crippen molar-refractivity contribution in [1.82, 2.24) is 9.97 Å². The standard InChI is InChI=1S/C12H20N4/c1-2-3-10-8-12(15-9-14-10)16(7-6-13)11-4-5-11/h8-9,11H,2-7,13H2,1H3. The summed E-state index contributed by atoms with van der Waals surface area (Å²) < 4.78 is 0. The fraction of sp³-hybridized carbons (Fsp3) is 0.667. The second kappa shape index (κ2) is 5.25. The van der Waals surface area contributed by atoms with Crippen LogP contribution < -0.4 is 10.6 Å². The van der Waals surface area contributed by atoms with E-state index in [9.17, 15) is 0 Å². The van der Waals surface area contributed by atoms with Gasteiger partial charge in [0, 0.05) is 30.9 Å². The molecule has 1 fully saturated rings. The van der Waals surface area contributed by atoms with Crippen molar-refractivity contribution < 1.29 is 0 Å². The lowest BCUT2D eigenvalue weighted by atomic mass is 10.2. The first-order valence-electron chi connectivity index (χ1n) is 6.12. The van der Waals surface area contributed by atoms with Crippen LogP contribution in [0.3, 0.4) is 0 Å². The fourth-order valence-corrected chi connectivity index (χ4v) is 1.95. The van der Waals surface area contributed by atoms with E-state index in [1.807, 2.05) is 0 Å². The van der Waals surface area contributed by atoms with Crippen LogP contribution >= 0.6 is 0 Å². The van der Waals surface area contributed by atoms with E-state index >= 15 is 0 Å². The van der Waals surface area contributed by atoms with Crippen molar-refractivity contribution in [2.75, 3.05) is 18.0 Å². The molecule has 0 bridgehead atoms. The van der Waals surface area contributed by atoms with Crippen molar-refractivity contribution in [3.63, 3.8) is 0 Å². The second-order valence-electron chi connectivity index (χ2n) is 4.33. The lowest BCUT2D eigenvalue weighted by Gasteiger charge is -2.22. The van der Waals surface area contributed by atoms with E-state index in [4.69, 9.17) is 5.73 Å². The van der Waals surface area contributed by atoms with Gasteiger partial charge >= 0.3 is 0 Å². The summed E-state index contributed by atoms with van der Waals surface area (Å²) in [6, 6.07) is 2.77. The van der Waals surface area contributed by atoms with E-state index in [2.05, 4.69) is 27.9 Å². The molecule has 16 heavy (non-hydrogen) atoms. The molecule has 0 amide bonds. The quantitative estimate of drug-likeness (QED) is 0.786. The van der Waals surface area contributed by atoms with Gasteiger partial charge in [0.2, 0.25) is 0 Å². The van der Waals surface area contributed by atoms with Crippen molar-refractivity contribution >= 4 is 5.82 Å². The van der Waals surface area contributed by atoms with Gasteiger partial charge in [-0.3, -0.25) is 0 Å². The number of aromatic nitrogens is 2. The number of nitrogens with two attached hydrogens (primary N) is 1. The maximum atomic E-state index is 5.64. The number of hydrogen-bond donors (Lipinski definition) is 1. The van der Waals surface area contributed by atoms with Crippen molar-refractivity contribution in [3.8, 4) is 0 Å². The Hall–Kier alpha value is -1.16. The average Bonchev–Trinajstić information content (AvgIpc) is 3.11. The lowest BCUT2D eigenvalue weighted by molar-refractivity contribution is 0.762. The molecule has 1 aromatic heterocycles. The monoisotopic (exact) mass is 220 g/mol. The van der Waals surface area contributed by atoms with Crippen LogP contribution in [-0.4, -0.2) is 29.1 Å². The van der Waals surface area contributed by atoms with Gasteiger partial charge in [-0.05, 0) is 19.3 Å². The molecule has 1 saturated carbocycles. The van der Waals surface area contributed by atoms with Gasteiger partial charge in [-0.15, -0.1) is 0 Å². The number of rotatable bonds is 6. The predicted molar refractivity (Wildman–Crippen MR) is 65.4 cm³/mol. The minimum atomic E-state index is 0.660. The van der Waals surface area contributed by atoms with Gasteiger partial charge in [0.25, 0.3) is 0 Å². The molecule has 0 spiro atoms. The van der Waals surface area contributed by atoms with Crippen molar-refractivity contribution in [2.24, 2.45) is 5.73 Å². The SMILES string of the molecule is CCCc1cc(N(CCN)C2CC2)ncn1. The van der Waals surface area contributed by atoms with Crippen LogP contribution in [-0.2, 0) is 6.42 Å². The molecule has 2 rings (SSSR count). The van der Waals surface area contributed by atoms with Crippen LogP contribution in [0.2, 0.25) is 0 Å². The first kappa shape index (κ1) is 11.3. The Bertz CT molecular complexity index is 336. The third-order valence-corrected chi connectivity index (χ3v) is 2.87. The molecular formula is C12H20N4. The highest BCUT2D eigenvalue weighted by Gasteiger charge is 2.29. The molecule has 0 saturated heterocycles. The molecule has 0 atom stereocenters. The van der Waals surface area contributed by atoms with Crippen LogP contribution in [0.1, 0.15) is 31.9 Å². The van der Waals surface area contributed by atoms with Crippen LogP contribution in [0.4, 0.5) is 5.82 Å². The summed E-state index contributed by atoms with van der Waals surface area (Å²) in [4.78, 5) is 11.0. The van der Waals surface area contributed by atoms with Gasteiger partial charge in [-0.25, -0.2) is 9.97 Å². The molecule has 2 N–H and O–H groups in total. The first-order valence-corrected chi connectivity index (χ1v) is 6.12. The van der Waals surface area contributed by atoms with Crippen LogP contribution in [0, 0.1) is 0 Å². The topological polar surface area (TPSA) is 55.0 Å². The zero-order chi connectivity index (χ0) is 11.4. The molecule has 1 heterocycles. The van der Waals surface area contributed by atoms with Crippen LogP contribution in [0.25, 0.3) is 0 Å². The van der Waals surface area contributed by atoms with E-state index in [1.54, 1.807) is 6.33 Å². The molecule has 0 aromatic carbocycles. The summed E-state index contributed by atoms with van der Waals surface area (Å²) in [7, 11) is 0. The summed E-state index contributed by atoms with van der Waals surface area (Å²) in [5, 5.41) is 0. The molecule has 0 unspecified atom stereocenters. The van der Waals surface area contributed by atoms with E-state index in [0.29, 0.717) is 12.6 Å². The molecular weight excluding hydrogens is 200 g/mol. The van der Waals surface area contributed by atoms with E-state index in [-0.39, 0.29) is 0 Å². The Labute approximate surface area is 96.9 Å². The normalized spacial score (nSPS) is 15.1. The van der Waals surface area contributed by atoms with Gasteiger partial charge in [0.15, 0.2) is 0 Å². The highest BCUT2D eigenvalue weighted by atomic mass is 15.2. The molecule has 88 valence electrons. The molecule has 4 nitrogen and oxygen atoms in total. The first-order chi connectivity index (χ1) is 7.85. The largest absolute Gasteiger partial charge is 0.352 e. The summed E-state index contributed by atoms with van der Waals surface area (Å²) in [6.07, 6.45) is 6.36. The maximum Gasteiger partial charge on any atom is 0.132 e. The van der Waals surface area contributed by atoms with Crippen molar-refractivity contribution in [3.05, 3.63) is 18.1 Å². The minimum Gasteiger partial charge on any atom is -0.352 e. The fourth-order valence-electron chi connectivity index (χ4n) is 1.95. The Morgan fingerprint density at radius 3 is 2.88 bits per heavy atom. The van der Waals surface area contributed by atoms with Crippen LogP contribution in [0.5, 0.6) is 0 Å². The minimum absolute atomic E-state index is 0.660. The zero-order valence-electron chi connectivity index (χ0n) is 9.89. The van der Waals surface area contributed by atoms with Crippen molar-refractivity contribution in [1.29, 1.82) is 0 Å². The maximum absolute atomic E-state index is 5.64. The number of aryl methyl sites for hydroxylation is 1. The summed E-state index contributed by atoms with van der Waals surface area (Å²) in [5.74, 6) is 1.05. The smallest absolute Gasteiger partial charge is 0.132 e. The Morgan fingerprint density at radius 1 is 1.44 bits per heavy atom. The third kappa shape index (κ3) is 2.70. The Kier molecular flexibility index (Phi) is 3.72. The predicted octanol–water partition coefficient (Wildman–Crippen LogP) is 1.36. The molecule has 0 aliphatic heterocycles. The summed E-state index contributed by atoms with van der Waals surface area (Å²) in [5.41, 5.74) is 6.78. The van der Waals surface area contributed by atoms with E-state index in [1.165, 1.54) is 12.8 Å². The number of hydrogen-bond acceptors (Lipinski definition) is 4. The lowest BCUT2D eigenvalue weighted by Crippen LogP contribution is -2.32. The highest BCUT2D eigenvalue weighted by molar-refractivity contribution is 5.42. The number of nitrogens with zero attached hydrogens (tertiary/aromatic N) is 3. The van der Waals surface area contributed by atoms with E-state index < -0.39 is 0 Å². The van der Waals surface area contributed by atoms with Gasteiger partial charge in [0.1, 0.15) is 12.1 Å². The molecule has 4 heteroatoms. The summed E-state index contributed by atoms with van der Waals surface area (Å²) in [6.45, 7) is 3.75. The van der Waals surface area contributed by atoms with Gasteiger partial charge in [-0.2, -0.15) is 0 Å². The van der Waals surface area contributed by atoms with Gasteiger partial charge < -0.3 is 10.6 Å². The molecule has 1 aromatic rings. The van der Waals surface area contributed by atoms with Gasteiger partial charge in [-0.1, -0.05) is 13.3 Å². The Balaban J connectivity index is 2.12. The van der Waals surface area contributed by atoms with E-state index in [0.717, 1.165) is 30.9 Å². The second-order valence-corrected chi connectivity index (χ2v) is 4.33. The molecule has 1 aliphatic carbocycles. The van der Waals surface area contributed by atoms with Crippen molar-refractivity contribution in [2.45, 2.75) is 38.6 Å². The Morgan fingerprint density at radius 2 is 2.25 bits per heavy atom. The molecule has 1 aliphatic rings. The molecule has 0 radical (unpaired) electrons. The zero-order valence-corrected chi connectivity index (χ0v) is 9.89. The highest BCUT2D eigenvalue weighted by Crippen LogP contribution is 2.30. The van der Waals surface area contributed by atoms with Crippen LogP contribution in [0.15, 0.2) is 12.4 Å². The average molecular weight is 220 g/mol.